The Morgan fingerprint density at radius 1 is 1.32 bits per heavy atom. The number of nitrogens with zero attached hydrogens (tertiary/aromatic N) is 2. The second kappa shape index (κ2) is 4.90. The van der Waals surface area contributed by atoms with Crippen molar-refractivity contribution in [3.05, 3.63) is 51.7 Å². The monoisotopic (exact) mass is 361 g/mol. The number of hydrogen-bond acceptors (Lipinski definition) is 3. The Hall–Kier alpha value is -2.07. The number of rotatable bonds is 2. The summed E-state index contributed by atoms with van der Waals surface area (Å²) in [6.45, 7) is 0. The minimum Gasteiger partial charge on any atom is -0.451 e. The number of nitriles is 1. The first-order valence-electron chi connectivity index (χ1n) is 5.58. The van der Waals surface area contributed by atoms with Crippen molar-refractivity contribution in [2.75, 3.05) is 0 Å². The minimum absolute atomic E-state index is 0.446. The molecule has 4 nitrogen and oxygen atoms in total. The Balaban J connectivity index is 2.07. The number of benzene rings is 1. The van der Waals surface area contributed by atoms with E-state index in [-0.39, 0.29) is 0 Å². The molecule has 19 heavy (non-hydrogen) atoms. The zero-order valence-electron chi connectivity index (χ0n) is 9.72. The van der Waals surface area contributed by atoms with Crippen LogP contribution < -0.4 is 0 Å². The largest absolute Gasteiger partial charge is 0.451 e. The molecule has 3 aromatic rings. The fourth-order valence-electron chi connectivity index (χ4n) is 1.78. The van der Waals surface area contributed by atoms with Crippen molar-refractivity contribution in [2.45, 2.75) is 0 Å². The van der Waals surface area contributed by atoms with E-state index in [1.54, 1.807) is 6.08 Å². The SMILES string of the molecule is N#C/C(=C\c1ccc(I)o1)c1nc2ccccc2[nH]1. The van der Waals surface area contributed by atoms with Crippen LogP contribution in [0.5, 0.6) is 0 Å². The van der Waals surface area contributed by atoms with Crippen LogP contribution in [0.2, 0.25) is 0 Å². The first-order valence-corrected chi connectivity index (χ1v) is 6.66. The van der Waals surface area contributed by atoms with Crippen LogP contribution in [0.1, 0.15) is 11.6 Å². The van der Waals surface area contributed by atoms with Gasteiger partial charge < -0.3 is 9.40 Å². The van der Waals surface area contributed by atoms with Crippen LogP contribution in [-0.2, 0) is 0 Å². The molecule has 2 heterocycles. The summed E-state index contributed by atoms with van der Waals surface area (Å²) in [7, 11) is 0. The van der Waals surface area contributed by atoms with Crippen molar-refractivity contribution in [2.24, 2.45) is 0 Å². The average Bonchev–Trinajstić information content (AvgIpc) is 3.01. The molecule has 2 aromatic heterocycles. The third-order valence-corrected chi connectivity index (χ3v) is 3.23. The molecule has 1 aromatic carbocycles. The van der Waals surface area contributed by atoms with Crippen LogP contribution in [-0.4, -0.2) is 9.97 Å². The molecule has 0 spiro atoms. The third-order valence-electron chi connectivity index (χ3n) is 2.65. The molecule has 0 saturated carbocycles. The topological polar surface area (TPSA) is 65.6 Å². The number of para-hydroxylation sites is 2. The molecule has 0 bridgehead atoms. The van der Waals surface area contributed by atoms with Gasteiger partial charge in [0, 0.05) is 6.08 Å². The number of allylic oxidation sites excluding steroid dienone is 1. The number of imidazole rings is 1. The summed E-state index contributed by atoms with van der Waals surface area (Å²) < 4.78 is 6.21. The molecule has 0 radical (unpaired) electrons. The second-order valence-electron chi connectivity index (χ2n) is 3.91. The maximum atomic E-state index is 9.25. The van der Waals surface area contributed by atoms with Gasteiger partial charge in [0.15, 0.2) is 3.77 Å². The van der Waals surface area contributed by atoms with E-state index in [0.717, 1.165) is 14.8 Å². The van der Waals surface area contributed by atoms with Crippen LogP contribution >= 0.6 is 22.6 Å². The molecule has 0 unspecified atom stereocenters. The van der Waals surface area contributed by atoms with Crippen molar-refractivity contribution in [1.82, 2.24) is 9.97 Å². The Bertz CT molecular complexity index is 774. The van der Waals surface area contributed by atoms with Crippen molar-refractivity contribution >= 4 is 45.3 Å². The molecule has 0 saturated heterocycles. The minimum atomic E-state index is 0.446. The van der Waals surface area contributed by atoms with Gasteiger partial charge in [-0.1, -0.05) is 12.1 Å². The highest BCUT2D eigenvalue weighted by atomic mass is 127. The number of aromatic nitrogens is 2. The van der Waals surface area contributed by atoms with E-state index in [2.05, 4.69) is 38.6 Å². The third kappa shape index (κ3) is 2.39. The zero-order valence-corrected chi connectivity index (χ0v) is 11.9. The van der Waals surface area contributed by atoms with Crippen molar-refractivity contribution in [3.8, 4) is 6.07 Å². The van der Waals surface area contributed by atoms with Crippen LogP contribution in [0.3, 0.4) is 0 Å². The maximum absolute atomic E-state index is 9.25. The van der Waals surface area contributed by atoms with E-state index >= 15 is 0 Å². The van der Waals surface area contributed by atoms with Crippen molar-refractivity contribution in [3.63, 3.8) is 0 Å². The highest BCUT2D eigenvalue weighted by Crippen LogP contribution is 2.20. The Morgan fingerprint density at radius 3 is 2.84 bits per heavy atom. The molecule has 0 amide bonds. The summed E-state index contributed by atoms with van der Waals surface area (Å²) in [5, 5.41) is 9.25. The van der Waals surface area contributed by atoms with Crippen molar-refractivity contribution in [1.29, 1.82) is 5.26 Å². The van der Waals surface area contributed by atoms with Crippen LogP contribution in [0, 0.1) is 15.1 Å². The number of hydrogen-bond donors (Lipinski definition) is 1. The van der Waals surface area contributed by atoms with E-state index < -0.39 is 0 Å². The standard InChI is InChI=1S/C14H8IN3O/c15-13-6-5-10(19-13)7-9(8-16)14-17-11-3-1-2-4-12(11)18-14/h1-7H,(H,17,18)/b9-7+. The normalized spacial score (nSPS) is 11.7. The predicted octanol–water partition coefficient (Wildman–Crippen LogP) is 3.82. The second-order valence-corrected chi connectivity index (χ2v) is 4.98. The van der Waals surface area contributed by atoms with Crippen LogP contribution in [0.4, 0.5) is 0 Å². The van der Waals surface area contributed by atoms with Gasteiger partial charge in [0.2, 0.25) is 0 Å². The molecule has 3 rings (SSSR count). The molecule has 0 aliphatic heterocycles. The molecular formula is C14H8IN3O. The van der Waals surface area contributed by atoms with E-state index in [1.165, 1.54) is 0 Å². The van der Waals surface area contributed by atoms with Gasteiger partial charge in [0.1, 0.15) is 17.7 Å². The summed E-state index contributed by atoms with van der Waals surface area (Å²) in [5.41, 5.74) is 2.20. The van der Waals surface area contributed by atoms with Gasteiger partial charge in [-0.25, -0.2) is 4.98 Å². The number of fused-ring (bicyclic) bond motifs is 1. The molecule has 5 heteroatoms. The lowest BCUT2D eigenvalue weighted by Gasteiger charge is -1.91. The quantitative estimate of drug-likeness (QED) is 0.557. The van der Waals surface area contributed by atoms with Gasteiger partial charge >= 0.3 is 0 Å². The summed E-state index contributed by atoms with van der Waals surface area (Å²) in [5.74, 6) is 1.19. The van der Waals surface area contributed by atoms with Gasteiger partial charge in [-0.15, -0.1) is 0 Å². The summed E-state index contributed by atoms with van der Waals surface area (Å²) in [6.07, 6.45) is 1.68. The van der Waals surface area contributed by atoms with Gasteiger partial charge in [0.05, 0.1) is 16.6 Å². The highest BCUT2D eigenvalue weighted by Gasteiger charge is 2.08. The molecule has 0 atom stereocenters. The lowest BCUT2D eigenvalue weighted by atomic mass is 10.2. The van der Waals surface area contributed by atoms with Crippen LogP contribution in [0.15, 0.2) is 40.8 Å². The zero-order chi connectivity index (χ0) is 13.2. The van der Waals surface area contributed by atoms with E-state index in [1.807, 2.05) is 36.4 Å². The molecule has 92 valence electrons. The van der Waals surface area contributed by atoms with Gasteiger partial charge in [-0.05, 0) is 46.9 Å². The lowest BCUT2D eigenvalue weighted by molar-refractivity contribution is 0.528. The van der Waals surface area contributed by atoms with E-state index in [4.69, 9.17) is 4.42 Å². The molecule has 0 fully saturated rings. The fourth-order valence-corrected chi connectivity index (χ4v) is 2.22. The number of nitrogens with one attached hydrogen (secondary N) is 1. The fraction of sp³-hybridized carbons (Fsp3) is 0. The molecular weight excluding hydrogens is 353 g/mol. The van der Waals surface area contributed by atoms with Gasteiger partial charge in [0.25, 0.3) is 0 Å². The lowest BCUT2D eigenvalue weighted by Crippen LogP contribution is -1.84. The Labute approximate surface area is 122 Å². The number of furan rings is 1. The first kappa shape index (κ1) is 12.0. The number of halogens is 1. The Kier molecular flexibility index (Phi) is 3.09. The number of aromatic amines is 1. The first-order chi connectivity index (χ1) is 9.26. The predicted molar refractivity (Wildman–Crippen MR) is 81.0 cm³/mol. The summed E-state index contributed by atoms with van der Waals surface area (Å²) in [6, 6.07) is 13.5. The molecule has 0 aliphatic rings. The Morgan fingerprint density at radius 2 is 2.16 bits per heavy atom. The summed E-state index contributed by atoms with van der Waals surface area (Å²) >= 11 is 2.08. The van der Waals surface area contributed by atoms with Gasteiger partial charge in [-0.3, -0.25) is 0 Å². The van der Waals surface area contributed by atoms with E-state index in [0.29, 0.717) is 17.2 Å². The van der Waals surface area contributed by atoms with Gasteiger partial charge in [-0.2, -0.15) is 5.26 Å². The highest BCUT2D eigenvalue weighted by molar-refractivity contribution is 14.1. The van der Waals surface area contributed by atoms with Crippen molar-refractivity contribution < 1.29 is 4.42 Å². The maximum Gasteiger partial charge on any atom is 0.164 e. The smallest absolute Gasteiger partial charge is 0.164 e. The van der Waals surface area contributed by atoms with E-state index in [9.17, 15) is 5.26 Å². The number of H-pyrrole nitrogens is 1. The average molecular weight is 361 g/mol. The summed E-state index contributed by atoms with van der Waals surface area (Å²) in [4.78, 5) is 7.53. The molecule has 0 aliphatic carbocycles. The molecule has 1 N–H and O–H groups in total. The van der Waals surface area contributed by atoms with Crippen LogP contribution in [0.25, 0.3) is 22.7 Å².